The average molecular weight is 298 g/mol. The molecule has 4 atom stereocenters. The van der Waals surface area contributed by atoms with Crippen LogP contribution < -0.4 is 15.2 Å². The molecule has 0 spiro atoms. The molecule has 1 aliphatic carbocycles. The number of nitrogens with one attached hydrogen (secondary N) is 1. The second kappa shape index (κ2) is 5.00. The maximum Gasteiger partial charge on any atom is 0.241 e. The van der Waals surface area contributed by atoms with Crippen molar-refractivity contribution in [3.05, 3.63) is 24.3 Å². The Morgan fingerprint density at radius 2 is 2.25 bits per heavy atom. The molecule has 1 aliphatic heterocycles. The van der Waals surface area contributed by atoms with Crippen molar-refractivity contribution in [1.29, 1.82) is 0 Å². The van der Waals surface area contributed by atoms with E-state index in [1.807, 2.05) is 0 Å². The van der Waals surface area contributed by atoms with Gasteiger partial charge in [0.1, 0.15) is 5.75 Å². The summed E-state index contributed by atoms with van der Waals surface area (Å²) in [7, 11) is -2.12. The van der Waals surface area contributed by atoms with E-state index in [4.69, 9.17) is 15.2 Å². The third kappa shape index (κ3) is 2.20. The van der Waals surface area contributed by atoms with E-state index in [0.29, 0.717) is 12.4 Å². The third-order valence-electron chi connectivity index (χ3n) is 4.09. The molecule has 3 N–H and O–H groups in total. The fourth-order valence-corrected chi connectivity index (χ4v) is 4.23. The molecule has 2 aliphatic rings. The van der Waals surface area contributed by atoms with E-state index in [2.05, 4.69) is 4.72 Å². The number of sulfonamides is 1. The fourth-order valence-electron chi connectivity index (χ4n) is 2.91. The summed E-state index contributed by atoms with van der Waals surface area (Å²) in [5.74, 6) is 0.772. The van der Waals surface area contributed by atoms with Gasteiger partial charge in [-0.3, -0.25) is 0 Å². The van der Waals surface area contributed by atoms with Crippen molar-refractivity contribution in [2.75, 3.05) is 13.7 Å². The lowest BCUT2D eigenvalue weighted by Gasteiger charge is -2.45. The van der Waals surface area contributed by atoms with Gasteiger partial charge in [0.05, 0.1) is 24.2 Å². The summed E-state index contributed by atoms with van der Waals surface area (Å²) in [6.07, 6.45) is 0.814. The molecule has 6 nitrogen and oxygen atoms in total. The Kier molecular flexibility index (Phi) is 3.45. The van der Waals surface area contributed by atoms with Crippen LogP contribution in [0.5, 0.6) is 5.75 Å². The molecule has 0 bridgehead atoms. The van der Waals surface area contributed by atoms with Gasteiger partial charge in [0.25, 0.3) is 0 Å². The minimum absolute atomic E-state index is 0.0922. The molecule has 1 aromatic rings. The normalized spacial score (nSPS) is 32.5. The van der Waals surface area contributed by atoms with Crippen LogP contribution in [-0.2, 0) is 14.8 Å². The molecule has 1 aromatic carbocycles. The number of ether oxygens (including phenoxy) is 2. The van der Waals surface area contributed by atoms with Gasteiger partial charge >= 0.3 is 0 Å². The molecular weight excluding hydrogens is 280 g/mol. The number of rotatable bonds is 4. The van der Waals surface area contributed by atoms with Crippen LogP contribution in [0.25, 0.3) is 0 Å². The maximum atomic E-state index is 12.4. The first kappa shape index (κ1) is 13.8. The molecule has 1 saturated heterocycles. The smallest absolute Gasteiger partial charge is 0.241 e. The van der Waals surface area contributed by atoms with Gasteiger partial charge in [-0.15, -0.1) is 0 Å². The molecule has 4 unspecified atom stereocenters. The second-order valence-electron chi connectivity index (χ2n) is 5.19. The summed E-state index contributed by atoms with van der Waals surface area (Å²) in [5, 5.41) is 0. The molecule has 1 heterocycles. The Morgan fingerprint density at radius 1 is 1.45 bits per heavy atom. The summed E-state index contributed by atoms with van der Waals surface area (Å²) in [5.41, 5.74) is 6.02. The van der Waals surface area contributed by atoms with Gasteiger partial charge in [0.2, 0.25) is 10.0 Å². The topological polar surface area (TPSA) is 90.7 Å². The van der Waals surface area contributed by atoms with E-state index in [1.54, 1.807) is 12.1 Å². The van der Waals surface area contributed by atoms with Gasteiger partial charge in [-0.25, -0.2) is 13.1 Å². The van der Waals surface area contributed by atoms with Crippen molar-refractivity contribution in [3.63, 3.8) is 0 Å². The summed E-state index contributed by atoms with van der Waals surface area (Å²) in [4.78, 5) is 0.172. The lowest BCUT2D eigenvalue weighted by Crippen LogP contribution is -2.68. The van der Waals surface area contributed by atoms with Crippen LogP contribution >= 0.6 is 0 Å². The second-order valence-corrected chi connectivity index (χ2v) is 6.91. The Balaban J connectivity index is 1.78. The minimum Gasteiger partial charge on any atom is -0.497 e. The number of benzene rings is 1. The van der Waals surface area contributed by atoms with Crippen LogP contribution in [0.15, 0.2) is 29.2 Å². The Hall–Kier alpha value is -1.15. The van der Waals surface area contributed by atoms with Crippen LogP contribution in [0.3, 0.4) is 0 Å². The predicted octanol–water partition coefficient (Wildman–Crippen LogP) is 0.0881. The molecule has 110 valence electrons. The van der Waals surface area contributed by atoms with E-state index >= 15 is 0 Å². The number of nitrogens with two attached hydrogens (primary N) is 1. The van der Waals surface area contributed by atoms with Crippen LogP contribution in [0.2, 0.25) is 0 Å². The summed E-state index contributed by atoms with van der Waals surface area (Å²) >= 11 is 0. The molecule has 3 rings (SSSR count). The van der Waals surface area contributed by atoms with Crippen molar-refractivity contribution in [2.45, 2.75) is 29.5 Å². The zero-order valence-corrected chi connectivity index (χ0v) is 12.0. The number of hydrogen-bond donors (Lipinski definition) is 2. The average Bonchev–Trinajstić information content (AvgIpc) is 2.90. The fraction of sp³-hybridized carbons (Fsp3) is 0.538. The first-order valence-corrected chi connectivity index (χ1v) is 8.05. The van der Waals surface area contributed by atoms with Gasteiger partial charge in [-0.1, -0.05) is 6.07 Å². The van der Waals surface area contributed by atoms with Gasteiger partial charge in [-0.2, -0.15) is 0 Å². The summed E-state index contributed by atoms with van der Waals surface area (Å²) < 4.78 is 37.9. The zero-order valence-electron chi connectivity index (χ0n) is 11.2. The van der Waals surface area contributed by atoms with Crippen LogP contribution in [0.4, 0.5) is 0 Å². The lowest BCUT2D eigenvalue weighted by atomic mass is 9.73. The van der Waals surface area contributed by atoms with Gasteiger partial charge in [-0.05, 0) is 18.6 Å². The minimum atomic E-state index is -3.61. The van der Waals surface area contributed by atoms with E-state index < -0.39 is 10.0 Å². The molecule has 20 heavy (non-hydrogen) atoms. The highest BCUT2D eigenvalue weighted by Crippen LogP contribution is 2.38. The van der Waals surface area contributed by atoms with Crippen molar-refractivity contribution in [2.24, 2.45) is 11.7 Å². The Labute approximate surface area is 118 Å². The molecule has 2 fully saturated rings. The SMILES string of the molecule is COc1cccc(S(=O)(=O)NC2C(N)C3CCOC32)c1. The quantitative estimate of drug-likeness (QED) is 0.822. The zero-order chi connectivity index (χ0) is 14.3. The highest BCUT2D eigenvalue weighted by atomic mass is 32.2. The van der Waals surface area contributed by atoms with Crippen molar-refractivity contribution >= 4 is 10.0 Å². The van der Waals surface area contributed by atoms with Gasteiger partial charge < -0.3 is 15.2 Å². The van der Waals surface area contributed by atoms with Crippen LogP contribution in [-0.4, -0.2) is 40.3 Å². The molecule has 0 amide bonds. The Bertz CT molecular complexity index is 604. The maximum absolute atomic E-state index is 12.4. The van der Waals surface area contributed by atoms with Crippen molar-refractivity contribution < 1.29 is 17.9 Å². The third-order valence-corrected chi connectivity index (χ3v) is 5.55. The van der Waals surface area contributed by atoms with Crippen LogP contribution in [0.1, 0.15) is 6.42 Å². The van der Waals surface area contributed by atoms with Crippen molar-refractivity contribution in [1.82, 2.24) is 4.72 Å². The first-order chi connectivity index (χ1) is 9.53. The highest BCUT2D eigenvalue weighted by Gasteiger charge is 2.53. The molecular formula is C13H18N2O4S. The van der Waals surface area contributed by atoms with Gasteiger partial charge in [0.15, 0.2) is 0 Å². The molecule has 0 aromatic heterocycles. The summed E-state index contributed by atoms with van der Waals surface area (Å²) in [6.45, 7) is 0.653. The first-order valence-electron chi connectivity index (χ1n) is 6.56. The summed E-state index contributed by atoms with van der Waals surface area (Å²) in [6, 6.07) is 5.83. The van der Waals surface area contributed by atoms with E-state index in [1.165, 1.54) is 19.2 Å². The highest BCUT2D eigenvalue weighted by molar-refractivity contribution is 7.89. The molecule has 0 radical (unpaired) electrons. The monoisotopic (exact) mass is 298 g/mol. The van der Waals surface area contributed by atoms with Crippen LogP contribution in [0, 0.1) is 5.92 Å². The predicted molar refractivity (Wildman–Crippen MR) is 72.9 cm³/mol. The number of fused-ring (bicyclic) bond motifs is 1. The largest absolute Gasteiger partial charge is 0.497 e. The van der Waals surface area contributed by atoms with Gasteiger partial charge in [0, 0.05) is 24.6 Å². The lowest BCUT2D eigenvalue weighted by molar-refractivity contribution is -0.00924. The van der Waals surface area contributed by atoms with E-state index in [0.717, 1.165) is 6.42 Å². The van der Waals surface area contributed by atoms with E-state index in [-0.39, 0.29) is 29.0 Å². The molecule has 7 heteroatoms. The molecule has 1 saturated carbocycles. The van der Waals surface area contributed by atoms with E-state index in [9.17, 15) is 8.42 Å². The van der Waals surface area contributed by atoms with Crippen molar-refractivity contribution in [3.8, 4) is 5.75 Å². The number of hydrogen-bond acceptors (Lipinski definition) is 5. The Morgan fingerprint density at radius 3 is 3.00 bits per heavy atom. The number of methoxy groups -OCH3 is 1. The standard InChI is InChI=1S/C13H18N2O4S/c1-18-8-3-2-4-9(7-8)20(16,17)15-12-11(14)10-5-6-19-13(10)12/h2-4,7,10-13,15H,5-6,14H2,1H3.